The van der Waals surface area contributed by atoms with Gasteiger partial charge in [-0.05, 0) is 6.20 Å². The molecule has 2 fully saturated rings. The van der Waals surface area contributed by atoms with Crippen LogP contribution in [-0.2, 0) is 4.74 Å². The van der Waals surface area contributed by atoms with Crippen LogP contribution in [0.25, 0.3) is 0 Å². The first-order chi connectivity index (χ1) is 8.17. The molecule has 18 heavy (non-hydrogen) atoms. The molecule has 2 heterocycles. The van der Waals surface area contributed by atoms with Crippen molar-refractivity contribution in [2.24, 2.45) is 11.8 Å². The van der Waals surface area contributed by atoms with Gasteiger partial charge in [0.1, 0.15) is 12.6 Å². The Hall–Kier alpha value is -0.920. The van der Waals surface area contributed by atoms with Crippen LogP contribution in [0.15, 0.2) is 12.3 Å². The zero-order chi connectivity index (χ0) is 13.3. The highest BCUT2D eigenvalue weighted by Gasteiger charge is 2.83. The minimum atomic E-state index is -4.83. The minimum Gasteiger partial charge on any atom is -0.368 e. The molecule has 1 saturated carbocycles. The molecule has 0 aromatic carbocycles. The van der Waals surface area contributed by atoms with Gasteiger partial charge in [0, 0.05) is 12.5 Å². The van der Waals surface area contributed by atoms with Crippen LogP contribution in [0.3, 0.4) is 0 Å². The summed E-state index contributed by atoms with van der Waals surface area (Å²) in [5.74, 6) is -9.23. The highest BCUT2D eigenvalue weighted by Crippen LogP contribution is 2.64. The minimum absolute atomic E-state index is 0.214. The first kappa shape index (κ1) is 12.1. The third-order valence-corrected chi connectivity index (χ3v) is 3.80. The lowest BCUT2D eigenvalue weighted by Crippen LogP contribution is -2.76. The Morgan fingerprint density at radius 2 is 1.94 bits per heavy atom. The monoisotopic (exact) mass is 273 g/mol. The van der Waals surface area contributed by atoms with Crippen LogP contribution < -0.4 is 0 Å². The van der Waals surface area contributed by atoms with Crippen LogP contribution in [0.2, 0.25) is 0 Å². The molecule has 0 N–H and O–H groups in total. The lowest BCUT2D eigenvalue weighted by Gasteiger charge is -2.55. The Bertz CT molecular complexity index is 408. The molecular weight excluding hydrogens is 264 g/mol. The summed E-state index contributed by atoms with van der Waals surface area (Å²) in [6, 6.07) is -1.31. The van der Waals surface area contributed by atoms with Gasteiger partial charge in [0.2, 0.25) is 0 Å². The summed E-state index contributed by atoms with van der Waals surface area (Å²) in [5, 5.41) is 0. The third-order valence-electron chi connectivity index (χ3n) is 3.80. The molecule has 0 amide bonds. The van der Waals surface area contributed by atoms with Crippen LogP contribution in [0.1, 0.15) is 0 Å². The van der Waals surface area contributed by atoms with E-state index in [1.54, 1.807) is 0 Å². The fourth-order valence-corrected chi connectivity index (χ4v) is 3.07. The fourth-order valence-electron chi connectivity index (χ4n) is 3.07. The van der Waals surface area contributed by atoms with Crippen LogP contribution in [0, 0.1) is 11.8 Å². The Morgan fingerprint density at radius 1 is 1.28 bits per heavy atom. The maximum atomic E-state index is 14.1. The Balaban J connectivity index is 1.82. The number of halogens is 6. The average Bonchev–Trinajstić information content (AvgIpc) is 2.83. The molecule has 1 aliphatic carbocycles. The van der Waals surface area contributed by atoms with Crippen molar-refractivity contribution in [1.82, 2.24) is 4.90 Å². The number of hydrogen-bond acceptors (Lipinski definition) is 2. The van der Waals surface area contributed by atoms with Gasteiger partial charge in [-0.1, -0.05) is 6.08 Å². The SMILES string of the molecule is FC(F)(F)COC1(F)C2C(C3C=CN2C3)C1(F)F. The molecular formula is C10H9F6NO. The molecule has 2 bridgehead atoms. The van der Waals surface area contributed by atoms with Gasteiger partial charge in [-0.15, -0.1) is 0 Å². The standard InChI is InChI=1S/C10H9F6NO/c11-8(12,13)4-18-10(16)7-6(9(10,14)15)5-1-2-17(7)3-5/h1-2,5-7H,3-4H2. The van der Waals surface area contributed by atoms with Crippen molar-refractivity contribution in [3.05, 3.63) is 12.3 Å². The van der Waals surface area contributed by atoms with Crippen molar-refractivity contribution >= 4 is 0 Å². The molecule has 4 unspecified atom stereocenters. The van der Waals surface area contributed by atoms with Crippen LogP contribution in [0.4, 0.5) is 26.3 Å². The van der Waals surface area contributed by atoms with E-state index < -0.39 is 42.4 Å². The van der Waals surface area contributed by atoms with Crippen molar-refractivity contribution in [3.8, 4) is 0 Å². The summed E-state index contributed by atoms with van der Waals surface area (Å²) >= 11 is 0. The van der Waals surface area contributed by atoms with Gasteiger partial charge in [0.25, 0.3) is 5.85 Å². The predicted molar refractivity (Wildman–Crippen MR) is 47.4 cm³/mol. The Kier molecular flexibility index (Phi) is 2.12. The summed E-state index contributed by atoms with van der Waals surface area (Å²) < 4.78 is 81.2. The molecule has 2 nitrogen and oxygen atoms in total. The number of fused-ring (bicyclic) bond motifs is 5. The van der Waals surface area contributed by atoms with Gasteiger partial charge in [0.05, 0.1) is 5.92 Å². The van der Waals surface area contributed by atoms with E-state index in [1.165, 1.54) is 17.2 Å². The normalized spacial score (nSPS) is 44.1. The number of ether oxygens (including phenoxy) is 1. The third kappa shape index (κ3) is 1.29. The van der Waals surface area contributed by atoms with Gasteiger partial charge in [0.15, 0.2) is 0 Å². The van der Waals surface area contributed by atoms with Gasteiger partial charge in [-0.2, -0.15) is 22.0 Å². The fraction of sp³-hybridized carbons (Fsp3) is 0.800. The van der Waals surface area contributed by atoms with Crippen LogP contribution in [-0.4, -0.2) is 42.0 Å². The van der Waals surface area contributed by atoms with Gasteiger partial charge < -0.3 is 9.64 Å². The summed E-state index contributed by atoms with van der Waals surface area (Å²) in [6.45, 7) is -1.80. The van der Waals surface area contributed by atoms with Crippen molar-refractivity contribution in [2.75, 3.05) is 13.2 Å². The largest absolute Gasteiger partial charge is 0.411 e. The first-order valence-electron chi connectivity index (χ1n) is 5.38. The number of rotatable bonds is 2. The molecule has 0 aromatic rings. The van der Waals surface area contributed by atoms with E-state index in [9.17, 15) is 26.3 Å². The maximum absolute atomic E-state index is 14.1. The van der Waals surface area contributed by atoms with Crippen LogP contribution >= 0.6 is 0 Å². The van der Waals surface area contributed by atoms with E-state index in [2.05, 4.69) is 4.74 Å². The molecule has 3 rings (SSSR count). The zero-order valence-electron chi connectivity index (χ0n) is 8.92. The molecule has 8 heteroatoms. The molecule has 1 saturated heterocycles. The molecule has 2 aliphatic heterocycles. The van der Waals surface area contributed by atoms with E-state index in [0.717, 1.165) is 0 Å². The molecule has 0 aromatic heterocycles. The molecule has 4 atom stereocenters. The molecule has 3 aliphatic rings. The lowest BCUT2D eigenvalue weighted by molar-refractivity contribution is -0.401. The van der Waals surface area contributed by atoms with Crippen LogP contribution in [0.5, 0.6) is 0 Å². The van der Waals surface area contributed by atoms with Crippen molar-refractivity contribution in [3.63, 3.8) is 0 Å². The Labute approximate surface area is 98.2 Å². The van der Waals surface area contributed by atoms with E-state index in [-0.39, 0.29) is 6.54 Å². The van der Waals surface area contributed by atoms with E-state index in [1.807, 2.05) is 0 Å². The highest BCUT2D eigenvalue weighted by molar-refractivity contribution is 5.28. The van der Waals surface area contributed by atoms with Gasteiger partial charge in [-0.3, -0.25) is 0 Å². The second-order valence-electron chi connectivity index (χ2n) is 4.84. The summed E-state index contributed by atoms with van der Waals surface area (Å²) in [5.41, 5.74) is 0. The topological polar surface area (TPSA) is 12.5 Å². The smallest absolute Gasteiger partial charge is 0.368 e. The lowest BCUT2D eigenvalue weighted by atomic mass is 9.66. The summed E-state index contributed by atoms with van der Waals surface area (Å²) in [4.78, 5) is 1.29. The predicted octanol–water partition coefficient (Wildman–Crippen LogP) is 2.32. The number of hydrogen-bond donors (Lipinski definition) is 0. The number of alkyl halides is 6. The molecule has 102 valence electrons. The maximum Gasteiger partial charge on any atom is 0.411 e. The van der Waals surface area contributed by atoms with E-state index in [0.29, 0.717) is 0 Å². The van der Waals surface area contributed by atoms with Crippen molar-refractivity contribution < 1.29 is 31.1 Å². The average molecular weight is 273 g/mol. The second kappa shape index (κ2) is 3.15. The van der Waals surface area contributed by atoms with Crippen molar-refractivity contribution in [2.45, 2.75) is 24.0 Å². The molecule has 0 radical (unpaired) electrons. The second-order valence-corrected chi connectivity index (χ2v) is 4.84. The number of nitrogens with zero attached hydrogens (tertiary/aromatic N) is 1. The Morgan fingerprint density at radius 3 is 2.56 bits per heavy atom. The first-order valence-corrected chi connectivity index (χ1v) is 5.38. The van der Waals surface area contributed by atoms with Gasteiger partial charge >= 0.3 is 12.1 Å². The zero-order valence-corrected chi connectivity index (χ0v) is 8.92. The summed E-state index contributed by atoms with van der Waals surface area (Å²) in [7, 11) is 0. The summed E-state index contributed by atoms with van der Waals surface area (Å²) in [6.07, 6.45) is -1.87. The van der Waals surface area contributed by atoms with E-state index >= 15 is 0 Å². The quantitative estimate of drug-likeness (QED) is 0.716. The molecule has 0 spiro atoms. The van der Waals surface area contributed by atoms with Gasteiger partial charge in [-0.25, -0.2) is 4.39 Å². The van der Waals surface area contributed by atoms with Crippen molar-refractivity contribution in [1.29, 1.82) is 0 Å². The van der Waals surface area contributed by atoms with E-state index in [4.69, 9.17) is 0 Å². The highest BCUT2D eigenvalue weighted by atomic mass is 19.4.